The van der Waals surface area contributed by atoms with Gasteiger partial charge in [-0.05, 0) is 43.3 Å². The Morgan fingerprint density at radius 1 is 1.11 bits per heavy atom. The third kappa shape index (κ3) is 3.79. The summed E-state index contributed by atoms with van der Waals surface area (Å²) in [6.45, 7) is 3.06. The molecule has 2 aromatic carbocycles. The van der Waals surface area contributed by atoms with Crippen LogP contribution in [-0.2, 0) is 13.0 Å². The van der Waals surface area contributed by atoms with E-state index in [2.05, 4.69) is 15.3 Å². The van der Waals surface area contributed by atoms with Crippen molar-refractivity contribution in [2.45, 2.75) is 19.9 Å². The maximum absolute atomic E-state index is 13.1. The lowest BCUT2D eigenvalue weighted by Gasteiger charge is -2.28. The van der Waals surface area contributed by atoms with Gasteiger partial charge in [0.2, 0.25) is 0 Å². The summed E-state index contributed by atoms with van der Waals surface area (Å²) in [5, 5.41) is 2.92. The van der Waals surface area contributed by atoms with Gasteiger partial charge in [0.1, 0.15) is 5.82 Å². The Morgan fingerprint density at radius 2 is 1.85 bits per heavy atom. The number of hydrogen-bond acceptors (Lipinski definition) is 3. The number of benzene rings is 2. The van der Waals surface area contributed by atoms with E-state index in [1.54, 1.807) is 23.2 Å². The van der Waals surface area contributed by atoms with E-state index in [0.29, 0.717) is 25.3 Å². The average molecular weight is 362 g/mol. The van der Waals surface area contributed by atoms with Crippen LogP contribution in [0.5, 0.6) is 0 Å². The highest BCUT2D eigenvalue weighted by Crippen LogP contribution is 2.22. The summed E-state index contributed by atoms with van der Waals surface area (Å²) in [5.74, 6) is 0.290. The number of aromatic nitrogens is 2. The molecule has 3 aromatic rings. The van der Waals surface area contributed by atoms with Gasteiger partial charge in [-0.25, -0.2) is 19.2 Å². The number of nitrogens with zero attached hydrogens (tertiary/aromatic N) is 3. The van der Waals surface area contributed by atoms with Crippen molar-refractivity contribution in [2.75, 3.05) is 11.9 Å². The average Bonchev–Trinajstić information content (AvgIpc) is 2.69. The molecule has 1 N–H and O–H groups in total. The molecule has 1 aliphatic rings. The molecular weight excluding hydrogens is 343 g/mol. The molecule has 136 valence electrons. The Labute approximate surface area is 156 Å². The van der Waals surface area contributed by atoms with Crippen molar-refractivity contribution in [3.63, 3.8) is 0 Å². The Kier molecular flexibility index (Phi) is 4.54. The molecule has 0 unspecified atom stereocenters. The minimum atomic E-state index is -0.285. The quantitative estimate of drug-likeness (QED) is 0.744. The number of amides is 2. The topological polar surface area (TPSA) is 58.1 Å². The molecule has 0 aliphatic carbocycles. The number of fused-ring (bicyclic) bond motifs is 1. The van der Waals surface area contributed by atoms with Crippen LogP contribution in [0.4, 0.5) is 14.9 Å². The highest BCUT2D eigenvalue weighted by molar-refractivity contribution is 5.89. The minimum absolute atomic E-state index is 0.132. The lowest BCUT2D eigenvalue weighted by Crippen LogP contribution is -2.39. The molecule has 0 bridgehead atoms. The van der Waals surface area contributed by atoms with Crippen LogP contribution in [0.15, 0.2) is 54.7 Å². The van der Waals surface area contributed by atoms with Crippen molar-refractivity contribution in [3.05, 3.63) is 77.4 Å². The summed E-state index contributed by atoms with van der Waals surface area (Å²) in [6, 6.07) is 13.7. The summed E-state index contributed by atoms with van der Waals surface area (Å²) in [5.41, 5.74) is 4.57. The van der Waals surface area contributed by atoms with Gasteiger partial charge in [-0.3, -0.25) is 0 Å². The smallest absolute Gasteiger partial charge is 0.320 e. The van der Waals surface area contributed by atoms with E-state index >= 15 is 0 Å². The third-order valence-corrected chi connectivity index (χ3v) is 4.63. The molecule has 2 amide bonds. The van der Waals surface area contributed by atoms with E-state index < -0.39 is 0 Å². The fourth-order valence-electron chi connectivity index (χ4n) is 3.07. The van der Waals surface area contributed by atoms with Crippen molar-refractivity contribution >= 4 is 11.7 Å². The van der Waals surface area contributed by atoms with Crippen molar-refractivity contribution in [1.82, 2.24) is 14.9 Å². The normalized spacial score (nSPS) is 13.2. The van der Waals surface area contributed by atoms with Gasteiger partial charge in [-0.1, -0.05) is 17.7 Å². The second-order valence-electron chi connectivity index (χ2n) is 6.64. The summed E-state index contributed by atoms with van der Waals surface area (Å²) in [7, 11) is 0. The standard InChI is InChI=1S/C21H19FN4O/c1-14-2-8-18(9-3-14)24-21(27)26-11-10-19-16(13-26)12-23-20(25-19)15-4-6-17(22)7-5-15/h2-9,12H,10-11,13H2,1H3,(H,24,27). The fraction of sp³-hybridized carbons (Fsp3) is 0.190. The summed E-state index contributed by atoms with van der Waals surface area (Å²) in [4.78, 5) is 23.3. The van der Waals surface area contributed by atoms with Crippen LogP contribution >= 0.6 is 0 Å². The Morgan fingerprint density at radius 3 is 2.59 bits per heavy atom. The molecule has 27 heavy (non-hydrogen) atoms. The third-order valence-electron chi connectivity index (χ3n) is 4.63. The second kappa shape index (κ2) is 7.15. The number of hydrogen-bond donors (Lipinski definition) is 1. The van der Waals surface area contributed by atoms with Crippen LogP contribution < -0.4 is 5.32 Å². The van der Waals surface area contributed by atoms with Crippen LogP contribution in [0.2, 0.25) is 0 Å². The van der Waals surface area contributed by atoms with E-state index in [4.69, 9.17) is 0 Å². The number of carbonyl (C=O) groups is 1. The zero-order valence-corrected chi connectivity index (χ0v) is 14.9. The number of carbonyl (C=O) groups excluding carboxylic acids is 1. The molecule has 0 atom stereocenters. The van der Waals surface area contributed by atoms with Crippen LogP contribution in [-0.4, -0.2) is 27.4 Å². The number of halogens is 1. The molecule has 0 fully saturated rings. The Balaban J connectivity index is 1.47. The van der Waals surface area contributed by atoms with Crippen LogP contribution in [0.25, 0.3) is 11.4 Å². The molecule has 0 saturated heterocycles. The molecule has 2 heterocycles. The largest absolute Gasteiger partial charge is 0.322 e. The van der Waals surface area contributed by atoms with Gasteiger partial charge in [0.25, 0.3) is 0 Å². The van der Waals surface area contributed by atoms with E-state index in [9.17, 15) is 9.18 Å². The van der Waals surface area contributed by atoms with Crippen molar-refractivity contribution in [2.24, 2.45) is 0 Å². The van der Waals surface area contributed by atoms with Gasteiger partial charge in [0.05, 0.1) is 12.2 Å². The Bertz CT molecular complexity index is 970. The summed E-state index contributed by atoms with van der Waals surface area (Å²) < 4.78 is 13.1. The zero-order valence-electron chi connectivity index (χ0n) is 14.9. The van der Waals surface area contributed by atoms with E-state index in [1.165, 1.54) is 12.1 Å². The van der Waals surface area contributed by atoms with Gasteiger partial charge in [0, 0.05) is 36.0 Å². The van der Waals surface area contributed by atoms with Gasteiger partial charge in [-0.2, -0.15) is 0 Å². The van der Waals surface area contributed by atoms with Crippen LogP contribution in [0.1, 0.15) is 16.8 Å². The predicted octanol–water partition coefficient (Wildman–Crippen LogP) is 4.18. The van der Waals surface area contributed by atoms with Gasteiger partial charge in [0.15, 0.2) is 5.82 Å². The van der Waals surface area contributed by atoms with Gasteiger partial charge in [-0.15, -0.1) is 0 Å². The first-order chi connectivity index (χ1) is 13.1. The molecule has 0 radical (unpaired) electrons. The van der Waals surface area contributed by atoms with Gasteiger partial charge < -0.3 is 10.2 Å². The maximum atomic E-state index is 13.1. The first kappa shape index (κ1) is 17.1. The molecular formula is C21H19FN4O. The SMILES string of the molecule is Cc1ccc(NC(=O)N2CCc3nc(-c4ccc(F)cc4)ncc3C2)cc1. The number of nitrogens with one attached hydrogen (secondary N) is 1. The molecule has 1 aromatic heterocycles. The molecule has 5 nitrogen and oxygen atoms in total. The van der Waals surface area contributed by atoms with Crippen molar-refractivity contribution in [1.29, 1.82) is 0 Å². The van der Waals surface area contributed by atoms with Gasteiger partial charge >= 0.3 is 6.03 Å². The zero-order chi connectivity index (χ0) is 18.8. The van der Waals surface area contributed by atoms with Crippen LogP contribution in [0.3, 0.4) is 0 Å². The molecule has 0 spiro atoms. The number of urea groups is 1. The molecule has 6 heteroatoms. The highest BCUT2D eigenvalue weighted by Gasteiger charge is 2.22. The van der Waals surface area contributed by atoms with Crippen LogP contribution in [0, 0.1) is 12.7 Å². The second-order valence-corrected chi connectivity index (χ2v) is 6.64. The summed E-state index contributed by atoms with van der Waals surface area (Å²) in [6.07, 6.45) is 2.42. The number of anilines is 1. The molecule has 1 aliphatic heterocycles. The van der Waals surface area contributed by atoms with Crippen molar-refractivity contribution < 1.29 is 9.18 Å². The minimum Gasteiger partial charge on any atom is -0.320 e. The Hall–Kier alpha value is -3.28. The first-order valence-electron chi connectivity index (χ1n) is 8.82. The lowest BCUT2D eigenvalue weighted by atomic mass is 10.1. The predicted molar refractivity (Wildman–Crippen MR) is 102 cm³/mol. The molecule has 4 rings (SSSR count). The summed E-state index contributed by atoms with van der Waals surface area (Å²) >= 11 is 0. The van der Waals surface area contributed by atoms with E-state index in [1.807, 2.05) is 31.2 Å². The fourth-order valence-corrected chi connectivity index (χ4v) is 3.07. The van der Waals surface area contributed by atoms with E-state index in [0.717, 1.165) is 28.1 Å². The molecule has 0 saturated carbocycles. The van der Waals surface area contributed by atoms with Crippen molar-refractivity contribution in [3.8, 4) is 11.4 Å². The van der Waals surface area contributed by atoms with E-state index in [-0.39, 0.29) is 11.8 Å². The number of rotatable bonds is 2. The monoisotopic (exact) mass is 362 g/mol. The number of aryl methyl sites for hydroxylation is 1. The first-order valence-corrected chi connectivity index (χ1v) is 8.82. The highest BCUT2D eigenvalue weighted by atomic mass is 19.1. The maximum Gasteiger partial charge on any atom is 0.322 e. The lowest BCUT2D eigenvalue weighted by molar-refractivity contribution is 0.206.